The second-order valence-electron chi connectivity index (χ2n) is 4.28. The Bertz CT molecular complexity index is 559. The van der Waals surface area contributed by atoms with Gasteiger partial charge >= 0.3 is 0 Å². The van der Waals surface area contributed by atoms with Crippen molar-refractivity contribution in [3.8, 4) is 0 Å². The lowest BCUT2D eigenvalue weighted by Gasteiger charge is -2.01. The molecule has 0 saturated carbocycles. The van der Waals surface area contributed by atoms with E-state index in [9.17, 15) is 4.79 Å². The van der Waals surface area contributed by atoms with Crippen LogP contribution in [0.25, 0.3) is 6.08 Å². The number of hydrogen-bond acceptors (Lipinski definition) is 2. The molecule has 96 valence electrons. The summed E-state index contributed by atoms with van der Waals surface area (Å²) >= 11 is 0. The number of hydrogen-bond donors (Lipinski definition) is 1. The van der Waals surface area contributed by atoms with E-state index in [0.717, 1.165) is 11.3 Å². The van der Waals surface area contributed by atoms with Crippen LogP contribution in [-0.4, -0.2) is 10.9 Å². The van der Waals surface area contributed by atoms with E-state index in [0.29, 0.717) is 6.54 Å². The van der Waals surface area contributed by atoms with Gasteiger partial charge in [0.25, 0.3) is 0 Å². The molecule has 19 heavy (non-hydrogen) atoms. The molecule has 0 radical (unpaired) electrons. The van der Waals surface area contributed by atoms with Gasteiger partial charge in [-0.2, -0.15) is 0 Å². The number of rotatable bonds is 4. The highest BCUT2D eigenvalue weighted by Crippen LogP contribution is 2.04. The fraction of sp³-hybridized carbons (Fsp3) is 0.125. The number of aromatic nitrogens is 1. The van der Waals surface area contributed by atoms with Crippen LogP contribution in [0, 0.1) is 6.92 Å². The lowest BCUT2D eigenvalue weighted by atomic mass is 10.1. The van der Waals surface area contributed by atoms with Gasteiger partial charge in [0.15, 0.2) is 0 Å². The monoisotopic (exact) mass is 252 g/mol. The van der Waals surface area contributed by atoms with Crippen LogP contribution in [-0.2, 0) is 11.3 Å². The summed E-state index contributed by atoms with van der Waals surface area (Å²) in [7, 11) is 0. The standard InChI is InChI=1S/C16H16N2O/c1-13-5-7-14(8-6-13)9-10-16(19)18-12-15-4-2-3-11-17-15/h2-11H,12H2,1H3,(H,18,19). The molecule has 0 bridgehead atoms. The highest BCUT2D eigenvalue weighted by atomic mass is 16.1. The van der Waals surface area contributed by atoms with Crippen LogP contribution in [0.1, 0.15) is 16.8 Å². The zero-order valence-electron chi connectivity index (χ0n) is 10.8. The molecule has 0 aliphatic rings. The van der Waals surface area contributed by atoms with E-state index in [2.05, 4.69) is 10.3 Å². The molecule has 0 spiro atoms. The second-order valence-corrected chi connectivity index (χ2v) is 4.28. The van der Waals surface area contributed by atoms with Crippen molar-refractivity contribution in [2.75, 3.05) is 0 Å². The van der Waals surface area contributed by atoms with Crippen LogP contribution >= 0.6 is 0 Å². The summed E-state index contributed by atoms with van der Waals surface area (Å²) in [6.07, 6.45) is 5.05. The van der Waals surface area contributed by atoms with Gasteiger partial charge in [0.05, 0.1) is 12.2 Å². The topological polar surface area (TPSA) is 42.0 Å². The molecule has 0 aliphatic carbocycles. The molecule has 1 heterocycles. The maximum atomic E-state index is 11.6. The van der Waals surface area contributed by atoms with Crippen molar-refractivity contribution in [2.45, 2.75) is 13.5 Å². The first kappa shape index (κ1) is 13.0. The lowest BCUT2D eigenvalue weighted by Crippen LogP contribution is -2.20. The molecule has 3 heteroatoms. The van der Waals surface area contributed by atoms with Gasteiger partial charge in [0, 0.05) is 12.3 Å². The zero-order valence-corrected chi connectivity index (χ0v) is 10.8. The van der Waals surface area contributed by atoms with E-state index in [1.807, 2.05) is 49.4 Å². The van der Waals surface area contributed by atoms with Crippen molar-refractivity contribution in [2.24, 2.45) is 0 Å². The maximum absolute atomic E-state index is 11.6. The molecular weight excluding hydrogens is 236 g/mol. The van der Waals surface area contributed by atoms with Crippen LogP contribution in [0.5, 0.6) is 0 Å². The van der Waals surface area contributed by atoms with Crippen LogP contribution < -0.4 is 5.32 Å². The molecule has 1 N–H and O–H groups in total. The summed E-state index contributed by atoms with van der Waals surface area (Å²) in [5.41, 5.74) is 3.06. The van der Waals surface area contributed by atoms with Gasteiger partial charge < -0.3 is 5.32 Å². The minimum Gasteiger partial charge on any atom is -0.347 e. The Labute approximate surface area is 113 Å². The smallest absolute Gasteiger partial charge is 0.244 e. The predicted molar refractivity (Wildman–Crippen MR) is 76.3 cm³/mol. The van der Waals surface area contributed by atoms with E-state index >= 15 is 0 Å². The number of aryl methyl sites for hydroxylation is 1. The second kappa shape index (κ2) is 6.50. The lowest BCUT2D eigenvalue weighted by molar-refractivity contribution is -0.116. The SMILES string of the molecule is Cc1ccc(C=CC(=O)NCc2ccccn2)cc1. The van der Waals surface area contributed by atoms with E-state index in [-0.39, 0.29) is 5.91 Å². The molecule has 2 rings (SSSR count). The molecular formula is C16H16N2O. The largest absolute Gasteiger partial charge is 0.347 e. The number of carbonyl (C=O) groups is 1. The van der Waals surface area contributed by atoms with Crippen molar-refractivity contribution in [1.82, 2.24) is 10.3 Å². The van der Waals surface area contributed by atoms with Gasteiger partial charge in [-0.3, -0.25) is 9.78 Å². The van der Waals surface area contributed by atoms with Gasteiger partial charge in [-0.1, -0.05) is 35.9 Å². The van der Waals surface area contributed by atoms with E-state index in [1.54, 1.807) is 12.3 Å². The number of nitrogens with zero attached hydrogens (tertiary/aromatic N) is 1. The first-order chi connectivity index (χ1) is 9.24. The van der Waals surface area contributed by atoms with Crippen molar-refractivity contribution < 1.29 is 4.79 Å². The van der Waals surface area contributed by atoms with Crippen molar-refractivity contribution in [3.05, 3.63) is 71.6 Å². The molecule has 3 nitrogen and oxygen atoms in total. The molecule has 1 aromatic carbocycles. The first-order valence-electron chi connectivity index (χ1n) is 6.16. The van der Waals surface area contributed by atoms with E-state index in [4.69, 9.17) is 0 Å². The first-order valence-corrected chi connectivity index (χ1v) is 6.16. The molecule has 0 saturated heterocycles. The van der Waals surface area contributed by atoms with Crippen LogP contribution in [0.4, 0.5) is 0 Å². The Hall–Kier alpha value is -2.42. The van der Waals surface area contributed by atoms with Gasteiger partial charge in [0.2, 0.25) is 5.91 Å². The number of benzene rings is 1. The molecule has 2 aromatic rings. The third kappa shape index (κ3) is 4.39. The van der Waals surface area contributed by atoms with E-state index < -0.39 is 0 Å². The predicted octanol–water partition coefficient (Wildman–Crippen LogP) is 2.72. The fourth-order valence-electron chi connectivity index (χ4n) is 1.59. The molecule has 0 unspecified atom stereocenters. The zero-order chi connectivity index (χ0) is 13.5. The quantitative estimate of drug-likeness (QED) is 0.850. The maximum Gasteiger partial charge on any atom is 0.244 e. The van der Waals surface area contributed by atoms with Crippen molar-refractivity contribution in [1.29, 1.82) is 0 Å². The average molecular weight is 252 g/mol. The summed E-state index contributed by atoms with van der Waals surface area (Å²) in [4.78, 5) is 15.8. The summed E-state index contributed by atoms with van der Waals surface area (Å²) < 4.78 is 0. The highest BCUT2D eigenvalue weighted by Gasteiger charge is 1.96. The van der Waals surface area contributed by atoms with Gasteiger partial charge in [0.1, 0.15) is 0 Å². The number of nitrogens with one attached hydrogen (secondary N) is 1. The summed E-state index contributed by atoms with van der Waals surface area (Å²) in [6, 6.07) is 13.6. The molecule has 0 aliphatic heterocycles. The van der Waals surface area contributed by atoms with Crippen molar-refractivity contribution >= 4 is 12.0 Å². The Balaban J connectivity index is 1.86. The minimum atomic E-state index is -0.119. The van der Waals surface area contributed by atoms with Gasteiger partial charge in [-0.25, -0.2) is 0 Å². The van der Waals surface area contributed by atoms with Crippen LogP contribution in [0.15, 0.2) is 54.7 Å². The molecule has 1 amide bonds. The van der Waals surface area contributed by atoms with Gasteiger partial charge in [-0.15, -0.1) is 0 Å². The van der Waals surface area contributed by atoms with Crippen LogP contribution in [0.3, 0.4) is 0 Å². The Kier molecular flexibility index (Phi) is 4.45. The Morgan fingerprint density at radius 3 is 2.68 bits per heavy atom. The Morgan fingerprint density at radius 2 is 2.00 bits per heavy atom. The third-order valence-corrected chi connectivity index (χ3v) is 2.67. The minimum absolute atomic E-state index is 0.119. The molecule has 0 atom stereocenters. The third-order valence-electron chi connectivity index (χ3n) is 2.67. The summed E-state index contributed by atoms with van der Waals surface area (Å²) in [5.74, 6) is -0.119. The number of amides is 1. The fourth-order valence-corrected chi connectivity index (χ4v) is 1.59. The summed E-state index contributed by atoms with van der Waals surface area (Å²) in [5, 5.41) is 2.79. The van der Waals surface area contributed by atoms with E-state index in [1.165, 1.54) is 11.6 Å². The molecule has 1 aromatic heterocycles. The average Bonchev–Trinajstić information content (AvgIpc) is 2.45. The highest BCUT2D eigenvalue weighted by molar-refractivity contribution is 5.91. The normalized spacial score (nSPS) is 10.6. The van der Waals surface area contributed by atoms with Crippen molar-refractivity contribution in [3.63, 3.8) is 0 Å². The summed E-state index contributed by atoms with van der Waals surface area (Å²) in [6.45, 7) is 2.48. The Morgan fingerprint density at radius 1 is 1.21 bits per heavy atom. The number of pyridine rings is 1. The number of carbonyl (C=O) groups excluding carboxylic acids is 1. The van der Waals surface area contributed by atoms with Gasteiger partial charge in [-0.05, 0) is 30.7 Å². The van der Waals surface area contributed by atoms with Crippen LogP contribution in [0.2, 0.25) is 0 Å². The molecule has 0 fully saturated rings.